The van der Waals surface area contributed by atoms with Crippen molar-refractivity contribution in [2.45, 2.75) is 57.7 Å². The Morgan fingerprint density at radius 3 is 2.35 bits per heavy atom. The molecule has 1 saturated carbocycles. The fourth-order valence-electron chi connectivity index (χ4n) is 1.44. The summed E-state index contributed by atoms with van der Waals surface area (Å²) in [6.07, 6.45) is 2.10. The Hall–Kier alpha value is -1.10. The van der Waals surface area contributed by atoms with Gasteiger partial charge in [-0.15, -0.1) is 0 Å². The fourth-order valence-corrected chi connectivity index (χ4v) is 1.44. The summed E-state index contributed by atoms with van der Waals surface area (Å²) in [5, 5.41) is 3.08. The van der Waals surface area contributed by atoms with E-state index in [2.05, 4.69) is 10.1 Å². The van der Waals surface area contributed by atoms with Crippen LogP contribution >= 0.6 is 0 Å². The summed E-state index contributed by atoms with van der Waals surface area (Å²) < 4.78 is 9.84. The molecule has 1 atom stereocenters. The average molecular weight is 243 g/mol. The monoisotopic (exact) mass is 243 g/mol. The second-order valence-corrected chi connectivity index (χ2v) is 5.31. The van der Waals surface area contributed by atoms with E-state index < -0.39 is 17.6 Å². The second kappa shape index (κ2) is 5.49. The Morgan fingerprint density at radius 2 is 1.94 bits per heavy atom. The quantitative estimate of drug-likeness (QED) is 0.730. The number of nitrogens with one attached hydrogen (secondary N) is 1. The van der Waals surface area contributed by atoms with Crippen LogP contribution in [0.1, 0.15) is 40.0 Å². The van der Waals surface area contributed by atoms with Crippen LogP contribution in [0, 0.1) is 0 Å². The predicted molar refractivity (Wildman–Crippen MR) is 62.4 cm³/mol. The van der Waals surface area contributed by atoms with Gasteiger partial charge in [0.1, 0.15) is 11.6 Å². The highest BCUT2D eigenvalue weighted by atomic mass is 16.6. The normalized spacial score (nSPS) is 17.4. The summed E-state index contributed by atoms with van der Waals surface area (Å²) in [6, 6.07) is -0.260. The van der Waals surface area contributed by atoms with E-state index in [4.69, 9.17) is 4.74 Å². The molecular weight excluding hydrogens is 222 g/mol. The summed E-state index contributed by atoms with van der Waals surface area (Å²) in [7, 11) is 1.32. The maximum absolute atomic E-state index is 11.6. The van der Waals surface area contributed by atoms with Gasteiger partial charge in [-0.3, -0.25) is 9.59 Å². The van der Waals surface area contributed by atoms with E-state index in [-0.39, 0.29) is 12.4 Å². The van der Waals surface area contributed by atoms with Gasteiger partial charge in [0.2, 0.25) is 0 Å². The van der Waals surface area contributed by atoms with Gasteiger partial charge in [-0.1, -0.05) is 0 Å². The highest BCUT2D eigenvalue weighted by Gasteiger charge is 2.31. The summed E-state index contributed by atoms with van der Waals surface area (Å²) in [5.74, 6) is -0.802. The van der Waals surface area contributed by atoms with Gasteiger partial charge < -0.3 is 14.8 Å². The van der Waals surface area contributed by atoms with Crippen LogP contribution in [-0.4, -0.2) is 36.7 Å². The van der Waals surface area contributed by atoms with Crippen molar-refractivity contribution in [2.75, 3.05) is 7.11 Å². The third-order valence-electron chi connectivity index (χ3n) is 2.29. The molecule has 0 saturated heterocycles. The molecule has 0 aromatic carbocycles. The number of hydrogen-bond acceptors (Lipinski definition) is 5. The second-order valence-electron chi connectivity index (χ2n) is 5.31. The zero-order valence-electron chi connectivity index (χ0n) is 10.9. The number of esters is 2. The van der Waals surface area contributed by atoms with Crippen LogP contribution in [0.3, 0.4) is 0 Å². The molecular formula is C12H21NO4. The largest absolute Gasteiger partial charge is 0.468 e. The number of carbonyl (C=O) groups excluding carboxylic acids is 2. The van der Waals surface area contributed by atoms with Crippen molar-refractivity contribution in [1.29, 1.82) is 0 Å². The van der Waals surface area contributed by atoms with E-state index in [9.17, 15) is 9.59 Å². The van der Waals surface area contributed by atoms with Gasteiger partial charge in [0.05, 0.1) is 13.5 Å². The van der Waals surface area contributed by atoms with Crippen molar-refractivity contribution >= 4 is 11.9 Å². The van der Waals surface area contributed by atoms with Gasteiger partial charge in [0.25, 0.3) is 0 Å². The predicted octanol–water partition coefficient (Wildman–Crippen LogP) is 1.01. The van der Waals surface area contributed by atoms with Crippen LogP contribution in [0.5, 0.6) is 0 Å². The molecule has 1 aliphatic carbocycles. The molecule has 1 N–H and O–H groups in total. The molecule has 1 aliphatic rings. The van der Waals surface area contributed by atoms with Crippen molar-refractivity contribution in [1.82, 2.24) is 5.32 Å². The Kier molecular flexibility index (Phi) is 4.51. The summed E-state index contributed by atoms with van der Waals surface area (Å²) in [4.78, 5) is 23.1. The van der Waals surface area contributed by atoms with Crippen molar-refractivity contribution in [3.63, 3.8) is 0 Å². The summed E-state index contributed by atoms with van der Waals surface area (Å²) in [6.45, 7) is 5.39. The third kappa shape index (κ3) is 5.68. The first-order chi connectivity index (χ1) is 7.81. The smallest absolute Gasteiger partial charge is 0.323 e. The molecule has 0 heterocycles. The van der Waals surface area contributed by atoms with E-state index in [0.717, 1.165) is 12.8 Å². The average Bonchev–Trinajstić information content (AvgIpc) is 2.96. The summed E-state index contributed by atoms with van der Waals surface area (Å²) >= 11 is 0. The van der Waals surface area contributed by atoms with E-state index in [0.29, 0.717) is 6.04 Å². The van der Waals surface area contributed by atoms with Crippen LogP contribution in [0.25, 0.3) is 0 Å². The van der Waals surface area contributed by atoms with Crippen LogP contribution < -0.4 is 5.32 Å². The molecule has 0 aromatic heterocycles. The fraction of sp³-hybridized carbons (Fsp3) is 0.833. The number of carbonyl (C=O) groups is 2. The maximum atomic E-state index is 11.6. The first-order valence-corrected chi connectivity index (χ1v) is 5.87. The maximum Gasteiger partial charge on any atom is 0.323 e. The van der Waals surface area contributed by atoms with Crippen LogP contribution in [0.15, 0.2) is 0 Å². The lowest BCUT2D eigenvalue weighted by atomic mass is 10.1. The van der Waals surface area contributed by atoms with E-state index >= 15 is 0 Å². The third-order valence-corrected chi connectivity index (χ3v) is 2.29. The number of rotatable bonds is 5. The number of hydrogen-bond donors (Lipinski definition) is 1. The van der Waals surface area contributed by atoms with Gasteiger partial charge >= 0.3 is 11.9 Å². The van der Waals surface area contributed by atoms with Crippen molar-refractivity contribution in [2.24, 2.45) is 0 Å². The Labute approximate surface area is 102 Å². The van der Waals surface area contributed by atoms with Gasteiger partial charge in [-0.2, -0.15) is 0 Å². The van der Waals surface area contributed by atoms with Crippen molar-refractivity contribution in [3.05, 3.63) is 0 Å². The molecule has 98 valence electrons. The highest BCUT2D eigenvalue weighted by molar-refractivity contribution is 5.82. The molecule has 0 unspecified atom stereocenters. The van der Waals surface area contributed by atoms with Gasteiger partial charge in [-0.25, -0.2) is 0 Å². The lowest BCUT2D eigenvalue weighted by Gasteiger charge is -2.21. The highest BCUT2D eigenvalue weighted by Crippen LogP contribution is 2.20. The minimum Gasteiger partial charge on any atom is -0.468 e. The SMILES string of the molecule is COC(=O)[C@H](CC(=O)OC(C)(C)C)NC1CC1. The molecule has 0 aromatic rings. The Balaban J connectivity index is 2.46. The molecule has 0 bridgehead atoms. The van der Waals surface area contributed by atoms with Gasteiger partial charge in [0, 0.05) is 6.04 Å². The molecule has 0 aliphatic heterocycles. The summed E-state index contributed by atoms with van der Waals surface area (Å²) in [5.41, 5.74) is -0.530. The number of methoxy groups -OCH3 is 1. The molecule has 1 fully saturated rings. The Morgan fingerprint density at radius 1 is 1.35 bits per heavy atom. The van der Waals surface area contributed by atoms with Crippen LogP contribution in [0.2, 0.25) is 0 Å². The van der Waals surface area contributed by atoms with Gasteiger partial charge in [-0.05, 0) is 33.6 Å². The van der Waals surface area contributed by atoms with Crippen molar-refractivity contribution < 1.29 is 19.1 Å². The molecule has 0 spiro atoms. The molecule has 0 amide bonds. The molecule has 5 nitrogen and oxygen atoms in total. The van der Waals surface area contributed by atoms with Crippen LogP contribution in [0.4, 0.5) is 0 Å². The van der Waals surface area contributed by atoms with E-state index in [1.165, 1.54) is 7.11 Å². The van der Waals surface area contributed by atoms with Crippen LogP contribution in [-0.2, 0) is 19.1 Å². The van der Waals surface area contributed by atoms with E-state index in [1.54, 1.807) is 20.8 Å². The standard InChI is InChI=1S/C12H21NO4/c1-12(2,3)17-10(14)7-9(11(15)16-4)13-8-5-6-8/h8-9,13H,5-7H2,1-4H3/t9-/m0/s1. The number of ether oxygens (including phenoxy) is 2. The van der Waals surface area contributed by atoms with E-state index in [1.807, 2.05) is 0 Å². The lowest BCUT2D eigenvalue weighted by molar-refractivity contribution is -0.159. The zero-order chi connectivity index (χ0) is 13.1. The van der Waals surface area contributed by atoms with Crippen molar-refractivity contribution in [3.8, 4) is 0 Å². The zero-order valence-corrected chi connectivity index (χ0v) is 10.9. The molecule has 5 heteroatoms. The molecule has 17 heavy (non-hydrogen) atoms. The first kappa shape index (κ1) is 14.0. The molecule has 0 radical (unpaired) electrons. The Bertz CT molecular complexity index is 291. The lowest BCUT2D eigenvalue weighted by Crippen LogP contribution is -2.41. The topological polar surface area (TPSA) is 64.6 Å². The van der Waals surface area contributed by atoms with Gasteiger partial charge in [0.15, 0.2) is 0 Å². The minimum atomic E-state index is -0.595. The first-order valence-electron chi connectivity index (χ1n) is 5.87. The minimum absolute atomic E-state index is 0.0143. The molecule has 1 rings (SSSR count).